The van der Waals surface area contributed by atoms with Gasteiger partial charge in [0.2, 0.25) is 0 Å². The lowest BCUT2D eigenvalue weighted by atomic mass is 10.1. The number of carbonyl (C=O) groups is 1. The van der Waals surface area contributed by atoms with Crippen LogP contribution in [-0.4, -0.2) is 32.3 Å². The Morgan fingerprint density at radius 1 is 1.55 bits per heavy atom. The number of hydrogen-bond acceptors (Lipinski definition) is 5. The molecule has 1 aromatic carbocycles. The zero-order chi connectivity index (χ0) is 14.4. The van der Waals surface area contributed by atoms with Crippen molar-refractivity contribution in [2.45, 2.75) is 19.8 Å². The lowest BCUT2D eigenvalue weighted by Gasteiger charge is -2.12. The average molecular weight is 278 g/mol. The van der Waals surface area contributed by atoms with Crippen LogP contribution in [0, 0.1) is 5.92 Å². The smallest absolute Gasteiger partial charge is 0.340 e. The molecular formula is C15H22N2O3. The minimum Gasteiger partial charge on any atom is -0.462 e. The van der Waals surface area contributed by atoms with Crippen LogP contribution in [0.5, 0.6) is 0 Å². The van der Waals surface area contributed by atoms with Gasteiger partial charge in [0.1, 0.15) is 0 Å². The quantitative estimate of drug-likeness (QED) is 0.617. The van der Waals surface area contributed by atoms with Gasteiger partial charge in [-0.05, 0) is 43.9 Å². The molecule has 3 N–H and O–H groups in total. The van der Waals surface area contributed by atoms with Crippen LogP contribution in [0.1, 0.15) is 30.1 Å². The van der Waals surface area contributed by atoms with E-state index in [2.05, 4.69) is 5.32 Å². The molecule has 5 heteroatoms. The van der Waals surface area contributed by atoms with Gasteiger partial charge in [0, 0.05) is 31.1 Å². The molecule has 0 radical (unpaired) electrons. The maximum Gasteiger partial charge on any atom is 0.340 e. The van der Waals surface area contributed by atoms with E-state index in [4.69, 9.17) is 15.2 Å². The van der Waals surface area contributed by atoms with Crippen LogP contribution in [0.4, 0.5) is 11.4 Å². The van der Waals surface area contributed by atoms with E-state index >= 15 is 0 Å². The van der Waals surface area contributed by atoms with Crippen LogP contribution in [0.15, 0.2) is 18.2 Å². The number of nitrogens with one attached hydrogen (secondary N) is 1. The van der Waals surface area contributed by atoms with Crippen molar-refractivity contribution in [2.24, 2.45) is 5.92 Å². The number of hydrogen-bond donors (Lipinski definition) is 2. The number of rotatable bonds is 6. The molecule has 0 saturated carbocycles. The number of anilines is 2. The molecule has 110 valence electrons. The van der Waals surface area contributed by atoms with E-state index in [9.17, 15) is 4.79 Å². The van der Waals surface area contributed by atoms with Crippen LogP contribution in [0.3, 0.4) is 0 Å². The summed E-state index contributed by atoms with van der Waals surface area (Å²) in [7, 11) is 0. The molecule has 1 aliphatic heterocycles. The molecule has 1 saturated heterocycles. The number of carbonyl (C=O) groups excluding carboxylic acids is 1. The molecule has 5 nitrogen and oxygen atoms in total. The Balaban J connectivity index is 1.90. The fourth-order valence-corrected chi connectivity index (χ4v) is 2.28. The van der Waals surface area contributed by atoms with Crippen LogP contribution in [-0.2, 0) is 9.47 Å². The van der Waals surface area contributed by atoms with Crippen molar-refractivity contribution in [3.63, 3.8) is 0 Å². The Hall–Kier alpha value is -1.75. The number of esters is 1. The second-order valence-electron chi connectivity index (χ2n) is 4.97. The first-order chi connectivity index (χ1) is 9.70. The molecule has 1 aromatic rings. The average Bonchev–Trinajstić information content (AvgIpc) is 2.94. The summed E-state index contributed by atoms with van der Waals surface area (Å²) in [5, 5.41) is 3.32. The Bertz CT molecular complexity index is 456. The SMILES string of the molecule is CCOC(=O)c1cc(NCCC2CCOC2)ccc1N. The van der Waals surface area contributed by atoms with Crippen molar-refractivity contribution < 1.29 is 14.3 Å². The topological polar surface area (TPSA) is 73.6 Å². The standard InChI is InChI=1S/C15H22N2O3/c1-2-20-15(18)13-9-12(3-4-14(13)16)17-7-5-11-6-8-19-10-11/h3-4,9,11,17H,2,5-8,10,16H2,1H3. The first-order valence-corrected chi connectivity index (χ1v) is 7.09. The fraction of sp³-hybridized carbons (Fsp3) is 0.533. The maximum absolute atomic E-state index is 11.8. The number of ether oxygens (including phenoxy) is 2. The molecule has 1 heterocycles. The minimum atomic E-state index is -0.377. The normalized spacial score (nSPS) is 17.9. The van der Waals surface area contributed by atoms with Crippen molar-refractivity contribution >= 4 is 17.3 Å². The highest BCUT2D eigenvalue weighted by atomic mass is 16.5. The van der Waals surface area contributed by atoms with Gasteiger partial charge in [-0.15, -0.1) is 0 Å². The molecule has 1 aliphatic rings. The number of benzene rings is 1. The highest BCUT2D eigenvalue weighted by molar-refractivity contribution is 5.96. The summed E-state index contributed by atoms with van der Waals surface area (Å²) in [5.41, 5.74) is 7.55. The largest absolute Gasteiger partial charge is 0.462 e. The third kappa shape index (κ3) is 3.87. The summed E-state index contributed by atoms with van der Waals surface area (Å²) in [6.45, 7) is 4.72. The third-order valence-corrected chi connectivity index (χ3v) is 3.45. The Labute approximate surface area is 119 Å². The van der Waals surface area contributed by atoms with E-state index in [1.807, 2.05) is 6.07 Å². The van der Waals surface area contributed by atoms with E-state index in [-0.39, 0.29) is 5.97 Å². The monoisotopic (exact) mass is 278 g/mol. The summed E-state index contributed by atoms with van der Waals surface area (Å²) < 4.78 is 10.3. The van der Waals surface area contributed by atoms with Gasteiger partial charge >= 0.3 is 5.97 Å². The molecule has 0 aliphatic carbocycles. The molecule has 20 heavy (non-hydrogen) atoms. The Morgan fingerprint density at radius 2 is 2.40 bits per heavy atom. The van der Waals surface area contributed by atoms with Gasteiger partial charge in [0.05, 0.1) is 12.2 Å². The molecule has 0 spiro atoms. The van der Waals surface area contributed by atoms with Gasteiger partial charge in [-0.25, -0.2) is 4.79 Å². The van der Waals surface area contributed by atoms with E-state index in [0.29, 0.717) is 23.8 Å². The highest BCUT2D eigenvalue weighted by Crippen LogP contribution is 2.20. The van der Waals surface area contributed by atoms with E-state index in [1.54, 1.807) is 19.1 Å². The molecule has 1 fully saturated rings. The summed E-state index contributed by atoms with van der Waals surface area (Å²) >= 11 is 0. The second-order valence-corrected chi connectivity index (χ2v) is 4.97. The molecule has 1 atom stereocenters. The zero-order valence-corrected chi connectivity index (χ0v) is 11.9. The van der Waals surface area contributed by atoms with Crippen LogP contribution < -0.4 is 11.1 Å². The van der Waals surface area contributed by atoms with Gasteiger partial charge in [-0.1, -0.05) is 0 Å². The number of nitrogen functional groups attached to an aromatic ring is 1. The lowest BCUT2D eigenvalue weighted by Crippen LogP contribution is -2.11. The summed E-state index contributed by atoms with van der Waals surface area (Å²) in [5.74, 6) is 0.263. The molecule has 2 rings (SSSR count). The van der Waals surface area contributed by atoms with Crippen LogP contribution in [0.2, 0.25) is 0 Å². The fourth-order valence-electron chi connectivity index (χ4n) is 2.28. The molecule has 1 unspecified atom stereocenters. The summed E-state index contributed by atoms with van der Waals surface area (Å²) in [6, 6.07) is 5.36. The predicted octanol–water partition coefficient (Wildman–Crippen LogP) is 2.28. The first kappa shape index (κ1) is 14.7. The van der Waals surface area contributed by atoms with E-state index in [0.717, 1.165) is 38.3 Å². The van der Waals surface area contributed by atoms with Crippen molar-refractivity contribution in [2.75, 3.05) is 37.4 Å². The van der Waals surface area contributed by atoms with Crippen molar-refractivity contribution in [1.82, 2.24) is 0 Å². The summed E-state index contributed by atoms with van der Waals surface area (Å²) in [4.78, 5) is 11.8. The van der Waals surface area contributed by atoms with Crippen molar-refractivity contribution in [3.8, 4) is 0 Å². The zero-order valence-electron chi connectivity index (χ0n) is 11.9. The first-order valence-electron chi connectivity index (χ1n) is 7.09. The van der Waals surface area contributed by atoms with Gasteiger partial charge in [0.15, 0.2) is 0 Å². The molecule has 0 amide bonds. The van der Waals surface area contributed by atoms with Crippen LogP contribution >= 0.6 is 0 Å². The third-order valence-electron chi connectivity index (χ3n) is 3.45. The van der Waals surface area contributed by atoms with E-state index in [1.165, 1.54) is 0 Å². The molecule has 0 bridgehead atoms. The second kappa shape index (κ2) is 7.14. The van der Waals surface area contributed by atoms with Gasteiger partial charge in [0.25, 0.3) is 0 Å². The molecular weight excluding hydrogens is 256 g/mol. The lowest BCUT2D eigenvalue weighted by molar-refractivity contribution is 0.0527. The summed E-state index contributed by atoms with van der Waals surface area (Å²) in [6.07, 6.45) is 2.20. The number of nitrogens with two attached hydrogens (primary N) is 1. The Morgan fingerprint density at radius 3 is 3.10 bits per heavy atom. The van der Waals surface area contributed by atoms with Crippen LogP contribution in [0.25, 0.3) is 0 Å². The Kier molecular flexibility index (Phi) is 5.24. The minimum absolute atomic E-state index is 0.345. The van der Waals surface area contributed by atoms with Crippen molar-refractivity contribution in [3.05, 3.63) is 23.8 Å². The highest BCUT2D eigenvalue weighted by Gasteiger charge is 2.15. The van der Waals surface area contributed by atoms with Gasteiger partial charge in [-0.2, -0.15) is 0 Å². The van der Waals surface area contributed by atoms with Crippen molar-refractivity contribution in [1.29, 1.82) is 0 Å². The van der Waals surface area contributed by atoms with Gasteiger partial charge < -0.3 is 20.5 Å². The van der Waals surface area contributed by atoms with Gasteiger partial charge in [-0.3, -0.25) is 0 Å². The molecule has 0 aromatic heterocycles. The predicted molar refractivity (Wildman–Crippen MR) is 78.8 cm³/mol. The maximum atomic E-state index is 11.8. The van der Waals surface area contributed by atoms with E-state index < -0.39 is 0 Å².